The molecule has 0 atom stereocenters. The monoisotopic (exact) mass is 399 g/mol. The topological polar surface area (TPSA) is 83.8 Å². The Bertz CT molecular complexity index is 806. The molecule has 3 rings (SSSR count). The Morgan fingerprint density at radius 2 is 1.66 bits per heavy atom. The van der Waals surface area contributed by atoms with E-state index in [1.807, 2.05) is 0 Å². The molecule has 0 saturated heterocycles. The highest BCUT2D eigenvalue weighted by molar-refractivity contribution is 5.98. The Hall–Kier alpha value is -2.80. The Morgan fingerprint density at radius 3 is 2.31 bits per heavy atom. The number of amides is 2. The lowest BCUT2D eigenvalue weighted by Crippen LogP contribution is -2.41. The van der Waals surface area contributed by atoms with Crippen LogP contribution in [0.25, 0.3) is 0 Å². The molecule has 156 valence electrons. The summed E-state index contributed by atoms with van der Waals surface area (Å²) in [5.74, 6) is 0.732. The molecule has 1 fully saturated rings. The molecule has 2 N–H and O–H groups in total. The van der Waals surface area contributed by atoms with Crippen LogP contribution in [-0.4, -0.2) is 35.9 Å². The predicted octanol–water partition coefficient (Wildman–Crippen LogP) is 3.52. The van der Waals surface area contributed by atoms with Gasteiger partial charge in [-0.2, -0.15) is 0 Å². The number of carbonyl (C=O) groups is 2. The number of hydrazine groups is 1. The highest BCUT2D eigenvalue weighted by Crippen LogP contribution is 2.24. The molecule has 7 heteroatoms. The molecule has 1 heterocycles. The molecule has 0 spiro atoms. The predicted molar refractivity (Wildman–Crippen MR) is 110 cm³/mol. The van der Waals surface area contributed by atoms with E-state index in [1.54, 1.807) is 36.4 Å². The van der Waals surface area contributed by atoms with E-state index in [-0.39, 0.29) is 11.9 Å². The number of hydrogen-bond donors (Lipinski definition) is 2. The number of rotatable bonds is 8. The van der Waals surface area contributed by atoms with Crippen molar-refractivity contribution < 1.29 is 18.7 Å². The molecule has 1 aromatic heterocycles. The van der Waals surface area contributed by atoms with Crippen molar-refractivity contribution in [1.29, 1.82) is 0 Å². The van der Waals surface area contributed by atoms with Crippen LogP contribution in [-0.2, 0) is 6.54 Å². The van der Waals surface area contributed by atoms with Crippen molar-refractivity contribution in [3.8, 4) is 5.75 Å². The molecule has 1 aromatic carbocycles. The SMILES string of the molecule is CCN(CC)Cc1ccc(C(=O)NNC(=O)c2ccc(OC3CCCC3)cc2)o1. The third kappa shape index (κ3) is 5.84. The summed E-state index contributed by atoms with van der Waals surface area (Å²) >= 11 is 0. The lowest BCUT2D eigenvalue weighted by atomic mass is 10.2. The quantitative estimate of drug-likeness (QED) is 0.664. The van der Waals surface area contributed by atoms with Gasteiger partial charge in [-0.1, -0.05) is 13.8 Å². The van der Waals surface area contributed by atoms with Gasteiger partial charge in [-0.15, -0.1) is 0 Å². The fourth-order valence-corrected chi connectivity index (χ4v) is 3.38. The van der Waals surface area contributed by atoms with Crippen LogP contribution in [0, 0.1) is 0 Å². The zero-order valence-corrected chi connectivity index (χ0v) is 17.1. The van der Waals surface area contributed by atoms with Crippen molar-refractivity contribution in [2.24, 2.45) is 0 Å². The fraction of sp³-hybridized carbons (Fsp3) is 0.455. The summed E-state index contributed by atoms with van der Waals surface area (Å²) in [5, 5.41) is 0. The van der Waals surface area contributed by atoms with E-state index in [2.05, 4.69) is 29.6 Å². The second-order valence-electron chi connectivity index (χ2n) is 7.18. The summed E-state index contributed by atoms with van der Waals surface area (Å²) < 4.78 is 11.5. The summed E-state index contributed by atoms with van der Waals surface area (Å²) in [6.45, 7) is 6.59. The second kappa shape index (κ2) is 10.1. The third-order valence-electron chi connectivity index (χ3n) is 5.17. The van der Waals surface area contributed by atoms with Gasteiger partial charge in [0.05, 0.1) is 12.6 Å². The van der Waals surface area contributed by atoms with Crippen LogP contribution in [0.15, 0.2) is 40.8 Å². The highest BCUT2D eigenvalue weighted by atomic mass is 16.5. The average molecular weight is 399 g/mol. The minimum atomic E-state index is -0.495. The normalized spacial score (nSPS) is 14.2. The van der Waals surface area contributed by atoms with Crippen LogP contribution in [0.4, 0.5) is 0 Å². The first-order valence-corrected chi connectivity index (χ1v) is 10.3. The number of nitrogens with one attached hydrogen (secondary N) is 2. The van der Waals surface area contributed by atoms with Crippen LogP contribution in [0.1, 0.15) is 66.2 Å². The van der Waals surface area contributed by atoms with Gasteiger partial charge in [0.15, 0.2) is 5.76 Å². The van der Waals surface area contributed by atoms with Crippen LogP contribution in [0.2, 0.25) is 0 Å². The molecular weight excluding hydrogens is 370 g/mol. The first-order valence-electron chi connectivity index (χ1n) is 10.3. The van der Waals surface area contributed by atoms with E-state index in [4.69, 9.17) is 9.15 Å². The van der Waals surface area contributed by atoms with Crippen molar-refractivity contribution in [1.82, 2.24) is 15.8 Å². The minimum Gasteiger partial charge on any atom is -0.490 e. The zero-order valence-electron chi connectivity index (χ0n) is 17.1. The lowest BCUT2D eigenvalue weighted by Gasteiger charge is -2.15. The molecule has 1 aliphatic rings. The number of carbonyl (C=O) groups excluding carboxylic acids is 2. The van der Waals surface area contributed by atoms with Gasteiger partial charge in [0.2, 0.25) is 0 Å². The van der Waals surface area contributed by atoms with Gasteiger partial charge >= 0.3 is 5.91 Å². The molecule has 0 unspecified atom stereocenters. The Balaban J connectivity index is 1.48. The molecule has 0 aliphatic heterocycles. The number of ether oxygens (including phenoxy) is 1. The van der Waals surface area contributed by atoms with Gasteiger partial charge in [-0.3, -0.25) is 25.3 Å². The summed E-state index contributed by atoms with van der Waals surface area (Å²) in [6, 6.07) is 10.3. The molecule has 1 aliphatic carbocycles. The minimum absolute atomic E-state index is 0.160. The van der Waals surface area contributed by atoms with Gasteiger partial charge < -0.3 is 9.15 Å². The maximum atomic E-state index is 12.3. The highest BCUT2D eigenvalue weighted by Gasteiger charge is 2.17. The van der Waals surface area contributed by atoms with E-state index < -0.39 is 11.8 Å². The maximum absolute atomic E-state index is 12.3. The van der Waals surface area contributed by atoms with Crippen LogP contribution in [0.5, 0.6) is 5.75 Å². The van der Waals surface area contributed by atoms with Crippen molar-refractivity contribution in [2.75, 3.05) is 13.1 Å². The van der Waals surface area contributed by atoms with Gasteiger partial charge in [0, 0.05) is 5.56 Å². The van der Waals surface area contributed by atoms with E-state index in [0.717, 1.165) is 31.7 Å². The zero-order chi connectivity index (χ0) is 20.6. The maximum Gasteiger partial charge on any atom is 0.305 e. The van der Waals surface area contributed by atoms with Gasteiger partial charge in [-0.25, -0.2) is 0 Å². The molecule has 1 saturated carbocycles. The number of furan rings is 1. The van der Waals surface area contributed by atoms with Crippen molar-refractivity contribution in [2.45, 2.75) is 52.2 Å². The van der Waals surface area contributed by atoms with Crippen molar-refractivity contribution >= 4 is 11.8 Å². The van der Waals surface area contributed by atoms with E-state index in [0.29, 0.717) is 17.9 Å². The smallest absolute Gasteiger partial charge is 0.305 e. The molecule has 29 heavy (non-hydrogen) atoms. The lowest BCUT2D eigenvalue weighted by molar-refractivity contribution is 0.0828. The van der Waals surface area contributed by atoms with Gasteiger partial charge in [0.1, 0.15) is 11.5 Å². The second-order valence-corrected chi connectivity index (χ2v) is 7.18. The van der Waals surface area contributed by atoms with Crippen LogP contribution in [0.3, 0.4) is 0 Å². The van der Waals surface area contributed by atoms with E-state index in [1.165, 1.54) is 12.8 Å². The Kier molecular flexibility index (Phi) is 7.30. The number of hydrogen-bond acceptors (Lipinski definition) is 5. The summed E-state index contributed by atoms with van der Waals surface area (Å²) in [7, 11) is 0. The van der Waals surface area contributed by atoms with E-state index in [9.17, 15) is 9.59 Å². The fourth-order valence-electron chi connectivity index (χ4n) is 3.38. The molecule has 7 nitrogen and oxygen atoms in total. The summed E-state index contributed by atoms with van der Waals surface area (Å²) in [6.07, 6.45) is 4.85. The van der Waals surface area contributed by atoms with E-state index >= 15 is 0 Å². The molecular formula is C22H29N3O4. The van der Waals surface area contributed by atoms with Crippen molar-refractivity contribution in [3.05, 3.63) is 53.5 Å². The van der Waals surface area contributed by atoms with Gasteiger partial charge in [-0.05, 0) is 75.2 Å². The molecule has 0 radical (unpaired) electrons. The Morgan fingerprint density at radius 1 is 1.00 bits per heavy atom. The van der Waals surface area contributed by atoms with Crippen LogP contribution >= 0.6 is 0 Å². The third-order valence-corrected chi connectivity index (χ3v) is 5.17. The largest absolute Gasteiger partial charge is 0.490 e. The number of nitrogens with zero attached hydrogens (tertiary/aromatic N) is 1. The molecule has 0 bridgehead atoms. The van der Waals surface area contributed by atoms with Crippen LogP contribution < -0.4 is 15.6 Å². The first-order chi connectivity index (χ1) is 14.1. The molecule has 2 amide bonds. The van der Waals surface area contributed by atoms with Crippen molar-refractivity contribution in [3.63, 3.8) is 0 Å². The average Bonchev–Trinajstić information content (AvgIpc) is 3.42. The standard InChI is InChI=1S/C22H29N3O4/c1-3-25(4-2)15-19-13-14-20(29-19)22(27)24-23-21(26)16-9-11-18(12-10-16)28-17-7-5-6-8-17/h9-14,17H,3-8,15H2,1-2H3,(H,23,26)(H,24,27). The summed E-state index contributed by atoms with van der Waals surface area (Å²) in [4.78, 5) is 26.7. The Labute approximate surface area is 171 Å². The number of benzene rings is 1. The first kappa shape index (κ1) is 20.9. The molecule has 2 aromatic rings. The van der Waals surface area contributed by atoms with Gasteiger partial charge in [0.25, 0.3) is 5.91 Å². The summed E-state index contributed by atoms with van der Waals surface area (Å²) in [5.41, 5.74) is 5.24.